The molecule has 0 amide bonds. The Balaban J connectivity index is 2.21. The molecule has 0 bridgehead atoms. The van der Waals surface area contributed by atoms with E-state index in [9.17, 15) is 4.39 Å². The number of rotatable bonds is 3. The lowest BCUT2D eigenvalue weighted by Gasteiger charge is -2.07. The van der Waals surface area contributed by atoms with Gasteiger partial charge in [-0.05, 0) is 42.0 Å². The van der Waals surface area contributed by atoms with Crippen LogP contribution in [0.3, 0.4) is 0 Å². The van der Waals surface area contributed by atoms with Crippen LogP contribution < -0.4 is 4.74 Å². The maximum atomic E-state index is 13.6. The Kier molecular flexibility index (Phi) is 4.02. The van der Waals surface area contributed by atoms with Gasteiger partial charge in [-0.1, -0.05) is 33.6 Å². The molecule has 4 heteroatoms. The van der Waals surface area contributed by atoms with Gasteiger partial charge >= 0.3 is 0 Å². The van der Waals surface area contributed by atoms with Crippen molar-refractivity contribution in [1.82, 2.24) is 0 Å². The third-order valence-corrected chi connectivity index (χ3v) is 3.09. The fourth-order valence-electron chi connectivity index (χ4n) is 1.34. The molecule has 0 saturated heterocycles. The van der Waals surface area contributed by atoms with E-state index in [4.69, 9.17) is 16.3 Å². The van der Waals surface area contributed by atoms with Gasteiger partial charge in [-0.3, -0.25) is 0 Å². The Morgan fingerprint density at radius 1 is 1.12 bits per heavy atom. The van der Waals surface area contributed by atoms with E-state index in [0.29, 0.717) is 16.1 Å². The normalized spacial score (nSPS) is 10.3. The maximum Gasteiger partial charge on any atom is 0.166 e. The number of hydrogen-bond acceptors (Lipinski definition) is 1. The van der Waals surface area contributed by atoms with Gasteiger partial charge in [0.2, 0.25) is 0 Å². The van der Waals surface area contributed by atoms with E-state index in [2.05, 4.69) is 15.9 Å². The molecule has 0 heterocycles. The Morgan fingerprint density at radius 3 is 2.41 bits per heavy atom. The summed E-state index contributed by atoms with van der Waals surface area (Å²) < 4.78 is 19.0. The lowest BCUT2D eigenvalue weighted by molar-refractivity contribution is 0.442. The van der Waals surface area contributed by atoms with Crippen LogP contribution in [0, 0.1) is 5.82 Å². The molecule has 0 fully saturated rings. The molecule has 0 aliphatic carbocycles. The first-order valence-electron chi connectivity index (χ1n) is 4.97. The number of ether oxygens (including phenoxy) is 1. The van der Waals surface area contributed by atoms with Gasteiger partial charge in [-0.15, -0.1) is 0 Å². The van der Waals surface area contributed by atoms with Crippen molar-refractivity contribution in [2.45, 2.75) is 5.33 Å². The van der Waals surface area contributed by atoms with Crippen LogP contribution in [0.2, 0.25) is 5.02 Å². The third kappa shape index (κ3) is 3.20. The first-order valence-corrected chi connectivity index (χ1v) is 6.47. The predicted octanol–water partition coefficient (Wildman–Crippen LogP) is 5.17. The predicted molar refractivity (Wildman–Crippen MR) is 70.6 cm³/mol. The fraction of sp³-hybridized carbons (Fsp3) is 0.0769. The molecule has 0 aliphatic rings. The summed E-state index contributed by atoms with van der Waals surface area (Å²) in [6, 6.07) is 11.6. The highest BCUT2D eigenvalue weighted by Crippen LogP contribution is 2.26. The average Bonchev–Trinajstić information content (AvgIpc) is 2.34. The summed E-state index contributed by atoms with van der Waals surface area (Å²) in [5, 5.41) is 1.23. The fourth-order valence-corrected chi connectivity index (χ4v) is 1.81. The molecule has 0 spiro atoms. The second-order valence-electron chi connectivity index (χ2n) is 3.45. The molecule has 0 N–H and O–H groups in total. The van der Waals surface area contributed by atoms with Gasteiger partial charge in [0.15, 0.2) is 11.6 Å². The minimum Gasteiger partial charge on any atom is -0.454 e. The van der Waals surface area contributed by atoms with Gasteiger partial charge in [0.05, 0.1) is 0 Å². The summed E-state index contributed by atoms with van der Waals surface area (Å²) in [6.45, 7) is 0. The molecule has 0 saturated carbocycles. The van der Waals surface area contributed by atoms with Gasteiger partial charge in [0.1, 0.15) is 5.75 Å². The van der Waals surface area contributed by atoms with E-state index in [1.54, 1.807) is 30.3 Å². The molecule has 0 atom stereocenters. The van der Waals surface area contributed by atoms with E-state index < -0.39 is 0 Å². The van der Waals surface area contributed by atoms with Gasteiger partial charge in [-0.2, -0.15) is 0 Å². The number of hydrogen-bond donors (Lipinski definition) is 0. The Hall–Kier alpha value is -1.06. The van der Waals surface area contributed by atoms with Gasteiger partial charge in [0, 0.05) is 10.4 Å². The summed E-state index contributed by atoms with van der Waals surface area (Å²) in [5.74, 6) is 0.383. The smallest absolute Gasteiger partial charge is 0.166 e. The minimum atomic E-state index is -0.378. The largest absolute Gasteiger partial charge is 0.454 e. The second kappa shape index (κ2) is 5.52. The van der Waals surface area contributed by atoms with E-state index >= 15 is 0 Å². The first kappa shape index (κ1) is 12.4. The summed E-state index contributed by atoms with van der Waals surface area (Å²) in [4.78, 5) is 0. The molecule has 2 aromatic rings. The molecular weight excluding hydrogens is 306 g/mol. The number of alkyl halides is 1. The van der Waals surface area contributed by atoms with E-state index in [0.717, 1.165) is 5.56 Å². The van der Waals surface area contributed by atoms with Crippen LogP contribution in [0.1, 0.15) is 5.56 Å². The minimum absolute atomic E-state index is 0.206. The van der Waals surface area contributed by atoms with Crippen molar-refractivity contribution in [2.75, 3.05) is 0 Å². The topological polar surface area (TPSA) is 9.23 Å². The lowest BCUT2D eigenvalue weighted by Crippen LogP contribution is -1.89. The van der Waals surface area contributed by atoms with E-state index in [-0.39, 0.29) is 11.6 Å². The van der Waals surface area contributed by atoms with Crippen molar-refractivity contribution in [3.05, 3.63) is 58.9 Å². The zero-order valence-corrected chi connectivity index (χ0v) is 11.1. The van der Waals surface area contributed by atoms with Crippen molar-refractivity contribution in [3.8, 4) is 11.5 Å². The number of benzene rings is 2. The lowest BCUT2D eigenvalue weighted by atomic mass is 10.2. The van der Waals surface area contributed by atoms with Crippen molar-refractivity contribution >= 4 is 27.5 Å². The third-order valence-electron chi connectivity index (χ3n) is 2.19. The highest BCUT2D eigenvalue weighted by atomic mass is 79.9. The first-order chi connectivity index (χ1) is 8.19. The molecule has 0 unspecified atom stereocenters. The molecule has 0 aromatic heterocycles. The van der Waals surface area contributed by atoms with Crippen LogP contribution in [0.25, 0.3) is 0 Å². The highest BCUT2D eigenvalue weighted by Gasteiger charge is 2.05. The molecule has 0 aliphatic heterocycles. The average molecular weight is 316 g/mol. The van der Waals surface area contributed by atoms with E-state index in [1.807, 2.05) is 6.07 Å². The standard InChI is InChI=1S/C13H9BrClFO/c14-8-9-1-6-13(12(16)7-9)17-11-4-2-10(15)3-5-11/h1-7H,8H2. The Bertz CT molecular complexity index is 513. The summed E-state index contributed by atoms with van der Waals surface area (Å²) in [6.07, 6.45) is 0. The van der Waals surface area contributed by atoms with Crippen molar-refractivity contribution in [3.63, 3.8) is 0 Å². The van der Waals surface area contributed by atoms with E-state index in [1.165, 1.54) is 6.07 Å². The van der Waals surface area contributed by atoms with Crippen molar-refractivity contribution in [1.29, 1.82) is 0 Å². The second-order valence-corrected chi connectivity index (χ2v) is 4.45. The molecular formula is C13H9BrClFO. The Labute approximate surface area is 112 Å². The van der Waals surface area contributed by atoms with Crippen molar-refractivity contribution < 1.29 is 9.13 Å². The molecule has 17 heavy (non-hydrogen) atoms. The summed E-state index contributed by atoms with van der Waals surface area (Å²) >= 11 is 9.02. The maximum absolute atomic E-state index is 13.6. The molecule has 0 radical (unpaired) electrons. The van der Waals surface area contributed by atoms with Gasteiger partial charge < -0.3 is 4.74 Å². The quantitative estimate of drug-likeness (QED) is 0.710. The van der Waals surface area contributed by atoms with Crippen LogP contribution in [0.5, 0.6) is 11.5 Å². The van der Waals surface area contributed by atoms with Crippen LogP contribution in [-0.4, -0.2) is 0 Å². The Morgan fingerprint density at radius 2 is 1.82 bits per heavy atom. The molecule has 2 rings (SSSR count). The van der Waals surface area contributed by atoms with Crippen LogP contribution in [-0.2, 0) is 5.33 Å². The molecule has 88 valence electrons. The highest BCUT2D eigenvalue weighted by molar-refractivity contribution is 9.08. The van der Waals surface area contributed by atoms with Crippen molar-refractivity contribution in [2.24, 2.45) is 0 Å². The number of halogens is 3. The molecule has 2 aromatic carbocycles. The zero-order valence-electron chi connectivity index (χ0n) is 8.79. The SMILES string of the molecule is Fc1cc(CBr)ccc1Oc1ccc(Cl)cc1. The summed E-state index contributed by atoms with van der Waals surface area (Å²) in [5.41, 5.74) is 0.867. The van der Waals surface area contributed by atoms with Gasteiger partial charge in [-0.25, -0.2) is 4.39 Å². The van der Waals surface area contributed by atoms with Crippen LogP contribution >= 0.6 is 27.5 Å². The van der Waals surface area contributed by atoms with Gasteiger partial charge in [0.25, 0.3) is 0 Å². The molecule has 1 nitrogen and oxygen atoms in total. The van der Waals surface area contributed by atoms with Crippen LogP contribution in [0.15, 0.2) is 42.5 Å². The summed E-state index contributed by atoms with van der Waals surface area (Å²) in [7, 11) is 0. The zero-order chi connectivity index (χ0) is 12.3. The van der Waals surface area contributed by atoms with Crippen LogP contribution in [0.4, 0.5) is 4.39 Å². The monoisotopic (exact) mass is 314 g/mol.